The van der Waals surface area contributed by atoms with E-state index in [1.165, 1.54) is 4.90 Å². The summed E-state index contributed by atoms with van der Waals surface area (Å²) in [6.45, 7) is 5.26. The number of esters is 1. The highest BCUT2D eigenvalue weighted by Gasteiger charge is 2.66. The molecule has 0 spiro atoms. The molecule has 5 nitrogen and oxygen atoms in total. The van der Waals surface area contributed by atoms with Gasteiger partial charge in [0.05, 0.1) is 6.42 Å². The van der Waals surface area contributed by atoms with Crippen molar-refractivity contribution in [2.75, 3.05) is 0 Å². The molecule has 15 heavy (non-hydrogen) atoms. The first-order valence-electron chi connectivity index (χ1n) is 5.10. The minimum absolute atomic E-state index is 0.0991. The molecule has 5 heteroatoms. The minimum Gasteiger partial charge on any atom is -0.457 e. The Balaban J connectivity index is 2.30. The standard InChI is InChI=1S/C10H15NO4/c1-5(2)8(13)11-7(12)4-6-10(11,3)9(14)15-6/h5-6,8,13H,4H2,1-3H3/t6-,8-,10+/m0/s1. The highest BCUT2D eigenvalue weighted by Crippen LogP contribution is 2.43. The van der Waals surface area contributed by atoms with Gasteiger partial charge >= 0.3 is 5.97 Å². The van der Waals surface area contributed by atoms with E-state index in [9.17, 15) is 14.7 Å². The van der Waals surface area contributed by atoms with Crippen LogP contribution in [0.15, 0.2) is 0 Å². The van der Waals surface area contributed by atoms with Gasteiger partial charge in [-0.05, 0) is 12.8 Å². The van der Waals surface area contributed by atoms with Gasteiger partial charge in [-0.25, -0.2) is 4.79 Å². The second kappa shape index (κ2) is 2.95. The topological polar surface area (TPSA) is 66.8 Å². The molecule has 0 bridgehead atoms. The van der Waals surface area contributed by atoms with E-state index in [2.05, 4.69) is 0 Å². The molecule has 2 heterocycles. The number of likely N-dealkylation sites (tertiary alicyclic amines) is 1. The Labute approximate surface area is 88.0 Å². The summed E-state index contributed by atoms with van der Waals surface area (Å²) in [7, 11) is 0. The molecule has 0 unspecified atom stereocenters. The molecule has 0 aliphatic carbocycles. The maximum atomic E-state index is 11.7. The molecule has 1 N–H and O–H groups in total. The number of rotatable bonds is 2. The van der Waals surface area contributed by atoms with E-state index in [-0.39, 0.29) is 24.3 Å². The van der Waals surface area contributed by atoms with Crippen LogP contribution in [0, 0.1) is 5.92 Å². The fourth-order valence-corrected chi connectivity index (χ4v) is 2.17. The van der Waals surface area contributed by atoms with E-state index in [1.54, 1.807) is 20.8 Å². The Hall–Kier alpha value is -1.10. The predicted molar refractivity (Wildman–Crippen MR) is 50.6 cm³/mol. The third-order valence-electron chi connectivity index (χ3n) is 3.28. The van der Waals surface area contributed by atoms with Crippen molar-refractivity contribution in [3.8, 4) is 0 Å². The molecule has 0 aromatic heterocycles. The predicted octanol–water partition coefficient (Wildman–Crippen LogP) is -0.123. The number of aliphatic hydroxyl groups excluding tert-OH is 1. The highest BCUT2D eigenvalue weighted by atomic mass is 16.6. The van der Waals surface area contributed by atoms with Gasteiger partial charge in [0.15, 0.2) is 5.54 Å². The molecule has 0 saturated carbocycles. The summed E-state index contributed by atoms with van der Waals surface area (Å²) in [4.78, 5) is 24.3. The number of hydrogen-bond donors (Lipinski definition) is 1. The third-order valence-corrected chi connectivity index (χ3v) is 3.28. The van der Waals surface area contributed by atoms with Crippen molar-refractivity contribution in [1.82, 2.24) is 4.90 Å². The SMILES string of the molecule is CC(C)[C@H](O)N1C(=O)C[C@@H]2OC(=O)[C@@]21C. The number of carbonyl (C=O) groups is 2. The van der Waals surface area contributed by atoms with Gasteiger partial charge in [-0.2, -0.15) is 0 Å². The second-order valence-electron chi connectivity index (χ2n) is 4.67. The molecule has 84 valence electrons. The van der Waals surface area contributed by atoms with Gasteiger partial charge in [0.2, 0.25) is 5.91 Å². The molecule has 2 saturated heterocycles. The average molecular weight is 213 g/mol. The molecule has 1 amide bonds. The van der Waals surface area contributed by atoms with Crippen molar-refractivity contribution >= 4 is 11.9 Å². The van der Waals surface area contributed by atoms with Crippen LogP contribution in [0.3, 0.4) is 0 Å². The van der Waals surface area contributed by atoms with Crippen molar-refractivity contribution < 1.29 is 19.4 Å². The van der Waals surface area contributed by atoms with E-state index in [0.29, 0.717) is 0 Å². The molecule has 0 radical (unpaired) electrons. The molecule has 3 atom stereocenters. The maximum absolute atomic E-state index is 11.7. The van der Waals surface area contributed by atoms with Crippen LogP contribution >= 0.6 is 0 Å². The average Bonchev–Trinajstić information content (AvgIpc) is 2.35. The van der Waals surface area contributed by atoms with Gasteiger partial charge in [-0.1, -0.05) is 13.8 Å². The molecule has 2 fully saturated rings. The Morgan fingerprint density at radius 3 is 2.60 bits per heavy atom. The first-order valence-corrected chi connectivity index (χ1v) is 5.10. The van der Waals surface area contributed by atoms with E-state index >= 15 is 0 Å². The van der Waals surface area contributed by atoms with Crippen LogP contribution < -0.4 is 0 Å². The van der Waals surface area contributed by atoms with Crippen LogP contribution in [0.4, 0.5) is 0 Å². The van der Waals surface area contributed by atoms with Crippen molar-refractivity contribution in [3.63, 3.8) is 0 Å². The second-order valence-corrected chi connectivity index (χ2v) is 4.67. The first-order chi connectivity index (χ1) is 6.89. The first kappa shape index (κ1) is 10.4. The Morgan fingerprint density at radius 2 is 2.13 bits per heavy atom. The van der Waals surface area contributed by atoms with Crippen LogP contribution in [0.25, 0.3) is 0 Å². The van der Waals surface area contributed by atoms with E-state index in [1.807, 2.05) is 0 Å². The van der Waals surface area contributed by atoms with Crippen LogP contribution in [0.2, 0.25) is 0 Å². The number of ether oxygens (including phenoxy) is 1. The van der Waals surface area contributed by atoms with Crippen molar-refractivity contribution in [2.45, 2.75) is 45.1 Å². The minimum atomic E-state index is -0.944. The molecule has 2 aliphatic heterocycles. The summed E-state index contributed by atoms with van der Waals surface area (Å²) in [6, 6.07) is 0. The monoisotopic (exact) mass is 213 g/mol. The van der Waals surface area contributed by atoms with Crippen LogP contribution in [-0.4, -0.2) is 39.8 Å². The summed E-state index contributed by atoms with van der Waals surface area (Å²) < 4.78 is 4.88. The van der Waals surface area contributed by atoms with Gasteiger partial charge in [-0.3, -0.25) is 9.69 Å². The Morgan fingerprint density at radius 1 is 1.53 bits per heavy atom. The largest absolute Gasteiger partial charge is 0.457 e. The van der Waals surface area contributed by atoms with Crippen LogP contribution in [0.5, 0.6) is 0 Å². The Bertz CT molecular complexity index is 327. The zero-order valence-electron chi connectivity index (χ0n) is 9.06. The lowest BCUT2D eigenvalue weighted by molar-refractivity contribution is -0.209. The zero-order chi connectivity index (χ0) is 11.4. The van der Waals surface area contributed by atoms with Crippen molar-refractivity contribution in [1.29, 1.82) is 0 Å². The van der Waals surface area contributed by atoms with Crippen molar-refractivity contribution in [3.05, 3.63) is 0 Å². The fraction of sp³-hybridized carbons (Fsp3) is 0.800. The quantitative estimate of drug-likeness (QED) is 0.649. The van der Waals surface area contributed by atoms with Gasteiger partial charge in [0, 0.05) is 0 Å². The maximum Gasteiger partial charge on any atom is 0.336 e. The van der Waals surface area contributed by atoms with Crippen LogP contribution in [0.1, 0.15) is 27.2 Å². The lowest BCUT2D eigenvalue weighted by atomic mass is 9.89. The molecular formula is C10H15NO4. The fourth-order valence-electron chi connectivity index (χ4n) is 2.17. The molecule has 0 aromatic carbocycles. The Kier molecular flexibility index (Phi) is 2.05. The molecular weight excluding hydrogens is 198 g/mol. The highest BCUT2D eigenvalue weighted by molar-refractivity contribution is 5.97. The molecule has 2 rings (SSSR count). The third kappa shape index (κ3) is 1.13. The van der Waals surface area contributed by atoms with E-state index in [4.69, 9.17) is 4.74 Å². The molecule has 0 aromatic rings. The number of aliphatic hydroxyl groups is 1. The zero-order valence-corrected chi connectivity index (χ0v) is 9.06. The smallest absolute Gasteiger partial charge is 0.336 e. The number of hydrogen-bond acceptors (Lipinski definition) is 4. The van der Waals surface area contributed by atoms with E-state index in [0.717, 1.165) is 0 Å². The lowest BCUT2D eigenvalue weighted by Gasteiger charge is -2.46. The number of fused-ring (bicyclic) bond motifs is 1. The van der Waals surface area contributed by atoms with Gasteiger partial charge in [0.25, 0.3) is 0 Å². The summed E-state index contributed by atoms with van der Waals surface area (Å²) in [5.74, 6) is -0.731. The number of nitrogens with zero attached hydrogens (tertiary/aromatic N) is 1. The van der Waals surface area contributed by atoms with Crippen LogP contribution in [-0.2, 0) is 14.3 Å². The normalized spacial score (nSPS) is 36.3. The summed E-state index contributed by atoms with van der Waals surface area (Å²) >= 11 is 0. The summed E-state index contributed by atoms with van der Waals surface area (Å²) in [5.41, 5.74) is -0.944. The lowest BCUT2D eigenvalue weighted by Crippen LogP contribution is -2.67. The molecule has 2 aliphatic rings. The van der Waals surface area contributed by atoms with Gasteiger partial charge in [-0.15, -0.1) is 0 Å². The summed E-state index contributed by atoms with van der Waals surface area (Å²) in [6.07, 6.45) is -1.11. The van der Waals surface area contributed by atoms with Gasteiger partial charge in [0.1, 0.15) is 12.3 Å². The number of carbonyl (C=O) groups excluding carboxylic acids is 2. The van der Waals surface area contributed by atoms with Gasteiger partial charge < -0.3 is 9.84 Å². The number of amides is 1. The summed E-state index contributed by atoms with van der Waals surface area (Å²) in [5, 5.41) is 9.90. The van der Waals surface area contributed by atoms with Crippen molar-refractivity contribution in [2.24, 2.45) is 5.92 Å². The van der Waals surface area contributed by atoms with E-state index < -0.39 is 17.7 Å².